The molecule has 1 N–H and O–H groups in total. The van der Waals surface area contributed by atoms with Crippen LogP contribution in [0.4, 0.5) is 0 Å². The quantitative estimate of drug-likeness (QED) is 0.690. The number of methoxy groups -OCH3 is 1. The first-order valence-electron chi connectivity index (χ1n) is 9.75. The fourth-order valence-electron chi connectivity index (χ4n) is 3.71. The molecule has 1 heterocycles. The Balaban J connectivity index is 1.66. The van der Waals surface area contributed by atoms with Crippen LogP contribution in [0.15, 0.2) is 78.9 Å². The van der Waals surface area contributed by atoms with Gasteiger partial charge in [-0.05, 0) is 47.5 Å². The van der Waals surface area contributed by atoms with Crippen molar-refractivity contribution in [2.75, 3.05) is 33.3 Å². The lowest BCUT2D eigenvalue weighted by Crippen LogP contribution is -2.45. The zero-order chi connectivity index (χ0) is 19.2. The van der Waals surface area contributed by atoms with E-state index in [0.29, 0.717) is 0 Å². The Hall–Kier alpha value is -2.82. The first-order valence-corrected chi connectivity index (χ1v) is 9.75. The highest BCUT2D eigenvalue weighted by atomic mass is 16.5. The number of ether oxygens (including phenoxy) is 2. The smallest absolute Gasteiger partial charge is 0.127 e. The second-order valence-corrected chi connectivity index (χ2v) is 6.95. The fourth-order valence-corrected chi connectivity index (χ4v) is 3.71. The summed E-state index contributed by atoms with van der Waals surface area (Å²) in [5.41, 5.74) is 2.50. The lowest BCUT2D eigenvalue weighted by molar-refractivity contribution is 0.198. The largest absolute Gasteiger partial charge is 0.497 e. The molecule has 4 rings (SSSR count). The number of nitrogens with one attached hydrogen (secondary N) is 1. The highest BCUT2D eigenvalue weighted by molar-refractivity contribution is 5.40. The number of rotatable bonds is 6. The number of nitrogens with zero attached hydrogens (tertiary/aromatic N) is 1. The van der Waals surface area contributed by atoms with Gasteiger partial charge in [-0.25, -0.2) is 0 Å². The molecule has 3 aromatic rings. The lowest BCUT2D eigenvalue weighted by atomic mass is 9.96. The Morgan fingerprint density at radius 1 is 0.750 bits per heavy atom. The van der Waals surface area contributed by atoms with Crippen LogP contribution in [0.2, 0.25) is 0 Å². The normalized spacial score (nSPS) is 15.8. The summed E-state index contributed by atoms with van der Waals surface area (Å²) >= 11 is 0. The predicted octanol–water partition coefficient (Wildman–Crippen LogP) is 4.48. The second-order valence-electron chi connectivity index (χ2n) is 6.95. The van der Waals surface area contributed by atoms with Gasteiger partial charge in [0.2, 0.25) is 0 Å². The third-order valence-electron chi connectivity index (χ3n) is 5.10. The molecule has 0 amide bonds. The second kappa shape index (κ2) is 8.91. The van der Waals surface area contributed by atoms with Crippen molar-refractivity contribution in [3.05, 3.63) is 90.0 Å². The van der Waals surface area contributed by atoms with Gasteiger partial charge in [0.1, 0.15) is 17.2 Å². The first kappa shape index (κ1) is 18.5. The molecule has 0 aliphatic carbocycles. The highest BCUT2D eigenvalue weighted by Crippen LogP contribution is 2.33. The average molecular weight is 374 g/mol. The summed E-state index contributed by atoms with van der Waals surface area (Å²) < 4.78 is 11.4. The van der Waals surface area contributed by atoms with Gasteiger partial charge in [-0.2, -0.15) is 0 Å². The van der Waals surface area contributed by atoms with Crippen LogP contribution >= 0.6 is 0 Å². The minimum Gasteiger partial charge on any atom is -0.497 e. The molecule has 0 bridgehead atoms. The van der Waals surface area contributed by atoms with E-state index in [1.165, 1.54) is 11.1 Å². The summed E-state index contributed by atoms with van der Waals surface area (Å²) in [4.78, 5) is 2.53. The van der Waals surface area contributed by atoms with Gasteiger partial charge < -0.3 is 14.8 Å². The Morgan fingerprint density at radius 3 is 2.18 bits per heavy atom. The molecule has 0 radical (unpaired) electrons. The molecule has 3 aromatic carbocycles. The van der Waals surface area contributed by atoms with Crippen LogP contribution in [0.3, 0.4) is 0 Å². The van der Waals surface area contributed by atoms with E-state index in [4.69, 9.17) is 9.47 Å². The van der Waals surface area contributed by atoms with Crippen molar-refractivity contribution in [1.82, 2.24) is 10.2 Å². The molecule has 28 heavy (non-hydrogen) atoms. The first-order chi connectivity index (χ1) is 13.8. The zero-order valence-electron chi connectivity index (χ0n) is 16.2. The monoisotopic (exact) mass is 374 g/mol. The van der Waals surface area contributed by atoms with Crippen molar-refractivity contribution < 1.29 is 9.47 Å². The summed E-state index contributed by atoms with van der Waals surface area (Å²) in [6.45, 7) is 4.04. The SMILES string of the molecule is COc1ccc(C(c2cccc(Oc3ccccc3)c2)N2CCNCC2)cc1. The van der Waals surface area contributed by atoms with Gasteiger partial charge in [0, 0.05) is 26.2 Å². The van der Waals surface area contributed by atoms with Crippen molar-refractivity contribution in [2.45, 2.75) is 6.04 Å². The van der Waals surface area contributed by atoms with Gasteiger partial charge >= 0.3 is 0 Å². The lowest BCUT2D eigenvalue weighted by Gasteiger charge is -2.35. The maximum absolute atomic E-state index is 6.08. The van der Waals surface area contributed by atoms with Gasteiger partial charge in [-0.3, -0.25) is 4.90 Å². The Morgan fingerprint density at radius 2 is 1.46 bits per heavy atom. The minimum absolute atomic E-state index is 0.187. The molecule has 144 valence electrons. The van der Waals surface area contributed by atoms with Gasteiger partial charge in [0.05, 0.1) is 13.2 Å². The van der Waals surface area contributed by atoms with Crippen LogP contribution in [0, 0.1) is 0 Å². The molecule has 1 saturated heterocycles. The van der Waals surface area contributed by atoms with Gasteiger partial charge in [0.15, 0.2) is 0 Å². The number of hydrogen-bond donors (Lipinski definition) is 1. The third-order valence-corrected chi connectivity index (χ3v) is 5.10. The Labute approximate surface area is 166 Å². The molecule has 1 atom stereocenters. The van der Waals surface area contributed by atoms with Crippen LogP contribution in [0.25, 0.3) is 0 Å². The maximum Gasteiger partial charge on any atom is 0.127 e. The van der Waals surface area contributed by atoms with E-state index in [1.807, 2.05) is 48.5 Å². The fraction of sp³-hybridized carbons (Fsp3) is 0.250. The Kier molecular flexibility index (Phi) is 5.90. The summed E-state index contributed by atoms with van der Waals surface area (Å²) in [6, 6.07) is 26.9. The molecule has 0 saturated carbocycles. The molecular weight excluding hydrogens is 348 g/mol. The molecule has 1 fully saturated rings. The molecule has 1 aliphatic rings. The van der Waals surface area contributed by atoms with Gasteiger partial charge in [0.25, 0.3) is 0 Å². The van der Waals surface area contributed by atoms with Gasteiger partial charge in [-0.15, -0.1) is 0 Å². The maximum atomic E-state index is 6.08. The Bertz CT molecular complexity index is 875. The number of benzene rings is 3. The molecule has 1 unspecified atom stereocenters. The average Bonchev–Trinajstić information content (AvgIpc) is 2.76. The van der Waals surface area contributed by atoms with E-state index >= 15 is 0 Å². The van der Waals surface area contributed by atoms with Crippen molar-refractivity contribution in [2.24, 2.45) is 0 Å². The number of hydrogen-bond acceptors (Lipinski definition) is 4. The van der Waals surface area contributed by atoms with E-state index < -0.39 is 0 Å². The summed E-state index contributed by atoms with van der Waals surface area (Å²) in [5.74, 6) is 2.59. The topological polar surface area (TPSA) is 33.7 Å². The van der Waals surface area contributed by atoms with Crippen LogP contribution in [0.5, 0.6) is 17.2 Å². The molecule has 4 nitrogen and oxygen atoms in total. The highest BCUT2D eigenvalue weighted by Gasteiger charge is 2.24. The molecule has 4 heteroatoms. The van der Waals surface area contributed by atoms with Crippen LogP contribution in [-0.2, 0) is 0 Å². The van der Waals surface area contributed by atoms with E-state index in [9.17, 15) is 0 Å². The van der Waals surface area contributed by atoms with E-state index in [0.717, 1.165) is 43.4 Å². The molecule has 0 spiro atoms. The van der Waals surface area contributed by atoms with Gasteiger partial charge in [-0.1, -0.05) is 42.5 Å². The molecular formula is C24H26N2O2. The van der Waals surface area contributed by atoms with E-state index in [1.54, 1.807) is 7.11 Å². The van der Waals surface area contributed by atoms with Crippen molar-refractivity contribution in [1.29, 1.82) is 0 Å². The van der Waals surface area contributed by atoms with Crippen molar-refractivity contribution in [3.8, 4) is 17.2 Å². The third kappa shape index (κ3) is 4.35. The number of para-hydroxylation sites is 1. The van der Waals surface area contributed by atoms with Crippen molar-refractivity contribution in [3.63, 3.8) is 0 Å². The standard InChI is InChI=1S/C24H26N2O2/c1-27-21-12-10-19(11-13-21)24(26-16-14-25-15-17-26)20-6-5-9-23(18-20)28-22-7-3-2-4-8-22/h2-13,18,24-25H,14-17H2,1H3. The minimum atomic E-state index is 0.187. The summed E-state index contributed by atoms with van der Waals surface area (Å²) in [6.07, 6.45) is 0. The van der Waals surface area contributed by atoms with Crippen molar-refractivity contribution >= 4 is 0 Å². The predicted molar refractivity (Wildman–Crippen MR) is 112 cm³/mol. The van der Waals surface area contributed by atoms with Crippen LogP contribution in [-0.4, -0.2) is 38.2 Å². The van der Waals surface area contributed by atoms with E-state index in [-0.39, 0.29) is 6.04 Å². The molecule has 0 aromatic heterocycles. The molecule has 1 aliphatic heterocycles. The van der Waals surface area contributed by atoms with Crippen LogP contribution < -0.4 is 14.8 Å². The van der Waals surface area contributed by atoms with E-state index in [2.05, 4.69) is 40.5 Å². The summed E-state index contributed by atoms with van der Waals surface area (Å²) in [7, 11) is 1.70. The zero-order valence-corrected chi connectivity index (χ0v) is 16.2. The van der Waals surface area contributed by atoms with Crippen LogP contribution in [0.1, 0.15) is 17.2 Å². The number of piperazine rings is 1. The summed E-state index contributed by atoms with van der Waals surface area (Å²) in [5, 5.41) is 3.45.